The van der Waals surface area contributed by atoms with Crippen LogP contribution in [-0.4, -0.2) is 21.7 Å². The van der Waals surface area contributed by atoms with Crippen molar-refractivity contribution >= 4 is 39.1 Å². The van der Waals surface area contributed by atoms with Crippen LogP contribution in [0.3, 0.4) is 0 Å². The molecule has 0 atom stereocenters. The van der Waals surface area contributed by atoms with Crippen LogP contribution < -0.4 is 5.32 Å². The van der Waals surface area contributed by atoms with Gasteiger partial charge >= 0.3 is 0 Å². The topological polar surface area (TPSA) is 88.6 Å². The first-order valence-corrected chi connectivity index (χ1v) is 11.1. The molecule has 0 radical (unpaired) electrons. The van der Waals surface area contributed by atoms with Gasteiger partial charge in [-0.15, -0.1) is 11.3 Å². The second kappa shape index (κ2) is 9.76. The lowest BCUT2D eigenvalue weighted by atomic mass is 10.2. The van der Waals surface area contributed by atoms with Gasteiger partial charge in [0.05, 0.1) is 32.2 Å². The van der Waals surface area contributed by atoms with E-state index in [0.717, 1.165) is 4.47 Å². The summed E-state index contributed by atoms with van der Waals surface area (Å²) >= 11 is 4.73. The van der Waals surface area contributed by atoms with E-state index in [-0.39, 0.29) is 31.4 Å². The molecule has 0 bridgehead atoms. The van der Waals surface area contributed by atoms with Gasteiger partial charge in [0.1, 0.15) is 22.2 Å². The van der Waals surface area contributed by atoms with E-state index in [0.29, 0.717) is 27.8 Å². The van der Waals surface area contributed by atoms with Crippen LogP contribution in [-0.2, 0) is 19.6 Å². The summed E-state index contributed by atoms with van der Waals surface area (Å²) in [5.41, 5.74) is 0.855. The Kier molecular flexibility index (Phi) is 6.63. The average Bonchev–Trinajstić information content (AvgIpc) is 3.54. The summed E-state index contributed by atoms with van der Waals surface area (Å²) < 4.78 is 11.5. The van der Waals surface area contributed by atoms with Gasteiger partial charge in [-0.25, -0.2) is 4.98 Å². The van der Waals surface area contributed by atoms with Gasteiger partial charge in [-0.05, 0) is 42.5 Å². The van der Waals surface area contributed by atoms with Crippen molar-refractivity contribution in [3.63, 3.8) is 0 Å². The molecule has 2 amide bonds. The van der Waals surface area contributed by atoms with Crippen molar-refractivity contribution in [1.82, 2.24) is 15.2 Å². The first-order chi connectivity index (χ1) is 15.1. The molecule has 1 aromatic carbocycles. The number of carbonyl (C=O) groups excluding carboxylic acids is 2. The Morgan fingerprint density at radius 1 is 1.03 bits per heavy atom. The van der Waals surface area contributed by atoms with Crippen LogP contribution in [0.4, 0.5) is 0 Å². The zero-order chi connectivity index (χ0) is 21.6. The predicted octanol–water partition coefficient (Wildman–Crippen LogP) is 4.86. The number of nitrogens with zero attached hydrogens (tertiary/aromatic N) is 2. The SMILES string of the molecule is O=C(NCc1ccco1)c1csc(CN(Cc2ccco2)C(=O)c2cccc(Br)c2)n1. The lowest BCUT2D eigenvalue weighted by Crippen LogP contribution is -2.30. The minimum Gasteiger partial charge on any atom is -0.467 e. The highest BCUT2D eigenvalue weighted by atomic mass is 79.9. The fourth-order valence-electron chi connectivity index (χ4n) is 2.92. The molecule has 0 unspecified atom stereocenters. The lowest BCUT2D eigenvalue weighted by Gasteiger charge is -2.20. The number of hydrogen-bond donors (Lipinski definition) is 1. The molecule has 0 saturated heterocycles. The molecule has 0 aliphatic heterocycles. The molecule has 4 aromatic rings. The van der Waals surface area contributed by atoms with E-state index in [2.05, 4.69) is 26.2 Å². The highest BCUT2D eigenvalue weighted by Gasteiger charge is 2.20. The van der Waals surface area contributed by atoms with Gasteiger partial charge in [0.2, 0.25) is 0 Å². The van der Waals surface area contributed by atoms with Crippen LogP contribution in [0.5, 0.6) is 0 Å². The van der Waals surface area contributed by atoms with E-state index in [1.54, 1.807) is 53.1 Å². The monoisotopic (exact) mass is 499 g/mol. The standard InChI is InChI=1S/C22H18BrN3O4S/c23-16-5-1-4-15(10-16)22(28)26(12-18-7-3-9-30-18)13-20-25-19(14-31-20)21(27)24-11-17-6-2-8-29-17/h1-10,14H,11-13H2,(H,24,27). The van der Waals surface area contributed by atoms with Crippen molar-refractivity contribution < 1.29 is 18.4 Å². The van der Waals surface area contributed by atoms with Gasteiger partial charge in [-0.2, -0.15) is 0 Å². The smallest absolute Gasteiger partial charge is 0.271 e. The minimum atomic E-state index is -0.296. The third-order valence-corrected chi connectivity index (χ3v) is 5.73. The zero-order valence-electron chi connectivity index (χ0n) is 16.3. The van der Waals surface area contributed by atoms with Gasteiger partial charge in [0, 0.05) is 15.4 Å². The normalized spacial score (nSPS) is 10.7. The molecule has 4 rings (SSSR count). The molecule has 3 heterocycles. The van der Waals surface area contributed by atoms with Crippen molar-refractivity contribution in [2.75, 3.05) is 0 Å². The summed E-state index contributed by atoms with van der Waals surface area (Å²) in [6.45, 7) is 0.824. The average molecular weight is 500 g/mol. The van der Waals surface area contributed by atoms with E-state index in [4.69, 9.17) is 8.83 Å². The molecular weight excluding hydrogens is 482 g/mol. The van der Waals surface area contributed by atoms with Crippen molar-refractivity contribution in [3.05, 3.63) is 98.7 Å². The maximum atomic E-state index is 13.2. The van der Waals surface area contributed by atoms with Crippen molar-refractivity contribution in [3.8, 4) is 0 Å². The summed E-state index contributed by atoms with van der Waals surface area (Å²) in [7, 11) is 0. The van der Waals surface area contributed by atoms with Gasteiger partial charge in [-0.3, -0.25) is 9.59 Å². The van der Waals surface area contributed by atoms with Crippen molar-refractivity contribution in [2.45, 2.75) is 19.6 Å². The number of halogens is 1. The Hall–Kier alpha value is -3.17. The highest BCUT2D eigenvalue weighted by molar-refractivity contribution is 9.10. The zero-order valence-corrected chi connectivity index (χ0v) is 18.7. The Balaban J connectivity index is 1.47. The van der Waals surface area contributed by atoms with Crippen LogP contribution in [0.25, 0.3) is 0 Å². The second-order valence-corrected chi connectivity index (χ2v) is 8.50. The third-order valence-electron chi connectivity index (χ3n) is 4.40. The third kappa shape index (κ3) is 5.50. The predicted molar refractivity (Wildman–Crippen MR) is 118 cm³/mol. The van der Waals surface area contributed by atoms with Crippen LogP contribution in [0.1, 0.15) is 37.4 Å². The quantitative estimate of drug-likeness (QED) is 0.373. The van der Waals surface area contributed by atoms with Crippen LogP contribution in [0.15, 0.2) is 79.7 Å². The molecular formula is C22H18BrN3O4S. The van der Waals surface area contributed by atoms with E-state index in [1.165, 1.54) is 11.3 Å². The number of carbonyl (C=O) groups is 2. The lowest BCUT2D eigenvalue weighted by molar-refractivity contribution is 0.0717. The van der Waals surface area contributed by atoms with E-state index < -0.39 is 0 Å². The van der Waals surface area contributed by atoms with Crippen LogP contribution >= 0.6 is 27.3 Å². The summed E-state index contributed by atoms with van der Waals surface area (Å²) in [5.74, 6) is 0.871. The molecule has 0 aliphatic carbocycles. The Bertz CT molecular complexity index is 1160. The van der Waals surface area contributed by atoms with E-state index >= 15 is 0 Å². The fourth-order valence-corrected chi connectivity index (χ4v) is 4.10. The number of nitrogens with one attached hydrogen (secondary N) is 1. The number of amides is 2. The fraction of sp³-hybridized carbons (Fsp3) is 0.136. The second-order valence-electron chi connectivity index (χ2n) is 6.64. The minimum absolute atomic E-state index is 0.156. The summed E-state index contributed by atoms with van der Waals surface area (Å²) in [4.78, 5) is 31.6. The maximum absolute atomic E-state index is 13.2. The number of hydrogen-bond acceptors (Lipinski definition) is 6. The van der Waals surface area contributed by atoms with Crippen LogP contribution in [0.2, 0.25) is 0 Å². The number of rotatable bonds is 8. The molecule has 0 spiro atoms. The van der Waals surface area contributed by atoms with E-state index in [1.807, 2.05) is 18.2 Å². The largest absolute Gasteiger partial charge is 0.467 e. The molecule has 7 nitrogen and oxygen atoms in total. The molecule has 0 saturated carbocycles. The number of thiazole rings is 1. The molecule has 9 heteroatoms. The van der Waals surface area contributed by atoms with Crippen LogP contribution in [0, 0.1) is 0 Å². The number of aromatic nitrogens is 1. The van der Waals surface area contributed by atoms with Crippen molar-refractivity contribution in [1.29, 1.82) is 0 Å². The summed E-state index contributed by atoms with van der Waals surface area (Å²) in [6, 6.07) is 14.4. The van der Waals surface area contributed by atoms with Gasteiger partial charge in [0.25, 0.3) is 11.8 Å². The first-order valence-electron chi connectivity index (χ1n) is 9.40. The molecule has 0 aliphatic rings. The van der Waals surface area contributed by atoms with Crippen molar-refractivity contribution in [2.24, 2.45) is 0 Å². The molecule has 0 fully saturated rings. The molecule has 31 heavy (non-hydrogen) atoms. The molecule has 158 valence electrons. The number of benzene rings is 1. The van der Waals surface area contributed by atoms with Gasteiger partial charge in [-0.1, -0.05) is 22.0 Å². The van der Waals surface area contributed by atoms with E-state index in [9.17, 15) is 9.59 Å². The Morgan fingerprint density at radius 3 is 2.52 bits per heavy atom. The number of furan rings is 2. The summed E-state index contributed by atoms with van der Waals surface area (Å²) in [6.07, 6.45) is 3.13. The Morgan fingerprint density at radius 2 is 1.81 bits per heavy atom. The van der Waals surface area contributed by atoms with Gasteiger partial charge in [0.15, 0.2) is 0 Å². The first kappa shape index (κ1) is 21.1. The highest BCUT2D eigenvalue weighted by Crippen LogP contribution is 2.19. The molecule has 1 N–H and O–H groups in total. The molecule has 3 aromatic heterocycles. The Labute approximate surface area is 190 Å². The summed E-state index contributed by atoms with van der Waals surface area (Å²) in [5, 5.41) is 5.10. The maximum Gasteiger partial charge on any atom is 0.271 e. The van der Waals surface area contributed by atoms with Gasteiger partial charge < -0.3 is 19.1 Å².